The Morgan fingerprint density at radius 2 is 1.36 bits per heavy atom. The summed E-state index contributed by atoms with van der Waals surface area (Å²) in [6.07, 6.45) is 13.6. The molecular formula is C19H40O2Si. The molecule has 0 saturated heterocycles. The molecule has 0 fully saturated rings. The van der Waals surface area contributed by atoms with Gasteiger partial charge in [-0.1, -0.05) is 85.5 Å². The highest BCUT2D eigenvalue weighted by Crippen LogP contribution is 2.37. The second-order valence-electron chi connectivity index (χ2n) is 8.17. The van der Waals surface area contributed by atoms with E-state index in [1.165, 1.54) is 51.4 Å². The second-order valence-corrected chi connectivity index (χ2v) is 12.9. The summed E-state index contributed by atoms with van der Waals surface area (Å²) in [5.41, 5.74) is 0. The van der Waals surface area contributed by atoms with Crippen LogP contribution in [0.5, 0.6) is 0 Å². The van der Waals surface area contributed by atoms with Crippen molar-refractivity contribution in [3.63, 3.8) is 0 Å². The number of hydrogen-bond acceptors (Lipinski definition) is 2. The molecule has 0 aromatic carbocycles. The predicted molar refractivity (Wildman–Crippen MR) is 100.0 cm³/mol. The fourth-order valence-electron chi connectivity index (χ4n) is 2.37. The van der Waals surface area contributed by atoms with Crippen LogP contribution in [-0.2, 0) is 9.22 Å². The van der Waals surface area contributed by atoms with E-state index in [2.05, 4.69) is 40.8 Å². The fraction of sp³-hybridized carbons (Fsp3) is 0.947. The van der Waals surface area contributed by atoms with Crippen LogP contribution in [0.4, 0.5) is 0 Å². The second kappa shape index (κ2) is 11.4. The first kappa shape index (κ1) is 21.8. The fourth-order valence-corrected chi connectivity index (χ4v) is 3.65. The maximum absolute atomic E-state index is 11.3. The van der Waals surface area contributed by atoms with Crippen molar-refractivity contribution < 1.29 is 9.22 Å². The molecule has 3 heteroatoms. The number of hydrogen-bond donors (Lipinski definition) is 0. The van der Waals surface area contributed by atoms with Gasteiger partial charge in [0.2, 0.25) is 0 Å². The summed E-state index contributed by atoms with van der Waals surface area (Å²) in [5, 5.41) is 0.173. The van der Waals surface area contributed by atoms with Crippen molar-refractivity contribution in [3.05, 3.63) is 0 Å². The normalized spacial score (nSPS) is 14.1. The molecule has 0 aliphatic carbocycles. The van der Waals surface area contributed by atoms with E-state index in [0.717, 1.165) is 19.1 Å². The van der Waals surface area contributed by atoms with Crippen molar-refractivity contribution in [2.24, 2.45) is 0 Å². The van der Waals surface area contributed by atoms with Gasteiger partial charge in [0.15, 0.2) is 8.32 Å². The monoisotopic (exact) mass is 328 g/mol. The summed E-state index contributed by atoms with van der Waals surface area (Å²) in [4.78, 5) is 11.3. The topological polar surface area (TPSA) is 26.3 Å². The lowest BCUT2D eigenvalue weighted by molar-refractivity contribution is -0.114. The van der Waals surface area contributed by atoms with Crippen LogP contribution in [0.15, 0.2) is 0 Å². The summed E-state index contributed by atoms with van der Waals surface area (Å²) in [5.74, 6) is 0. The van der Waals surface area contributed by atoms with Gasteiger partial charge in [-0.2, -0.15) is 0 Å². The summed E-state index contributed by atoms with van der Waals surface area (Å²) in [6, 6.07) is 0. The Balaban J connectivity index is 3.77. The van der Waals surface area contributed by atoms with Gasteiger partial charge in [0, 0.05) is 0 Å². The zero-order chi connectivity index (χ0) is 17.1. The van der Waals surface area contributed by atoms with Gasteiger partial charge in [0.05, 0.1) is 0 Å². The third kappa shape index (κ3) is 9.78. The van der Waals surface area contributed by atoms with Gasteiger partial charge in [-0.25, -0.2) is 0 Å². The average Bonchev–Trinajstić information content (AvgIpc) is 2.42. The molecule has 0 aliphatic heterocycles. The Labute approximate surface area is 140 Å². The Morgan fingerprint density at radius 3 is 1.77 bits per heavy atom. The maximum Gasteiger partial charge on any atom is 0.193 e. The van der Waals surface area contributed by atoms with Gasteiger partial charge < -0.3 is 9.22 Å². The highest BCUT2D eigenvalue weighted by atomic mass is 28.4. The lowest BCUT2D eigenvalue weighted by Crippen LogP contribution is -2.44. The van der Waals surface area contributed by atoms with Crippen molar-refractivity contribution in [2.75, 3.05) is 0 Å². The van der Waals surface area contributed by atoms with E-state index < -0.39 is 8.32 Å². The number of carbonyl (C=O) groups excluding carboxylic acids is 1. The molecular weight excluding hydrogens is 288 g/mol. The number of unbranched alkanes of at least 4 members (excludes halogenated alkanes) is 8. The molecule has 0 bridgehead atoms. The van der Waals surface area contributed by atoms with Crippen LogP contribution in [0.3, 0.4) is 0 Å². The van der Waals surface area contributed by atoms with Gasteiger partial charge in [-0.15, -0.1) is 0 Å². The Morgan fingerprint density at radius 1 is 0.909 bits per heavy atom. The van der Waals surface area contributed by atoms with Crippen molar-refractivity contribution in [3.8, 4) is 0 Å². The smallest absolute Gasteiger partial charge is 0.193 e. The molecule has 2 nitrogen and oxygen atoms in total. The number of carbonyl (C=O) groups is 1. The quantitative estimate of drug-likeness (QED) is 0.219. The summed E-state index contributed by atoms with van der Waals surface area (Å²) < 4.78 is 6.19. The van der Waals surface area contributed by atoms with Gasteiger partial charge >= 0.3 is 0 Å². The minimum absolute atomic E-state index is 0.173. The molecule has 1 atom stereocenters. The summed E-state index contributed by atoms with van der Waals surface area (Å²) in [7, 11) is -1.81. The van der Waals surface area contributed by atoms with Gasteiger partial charge in [0.1, 0.15) is 12.4 Å². The van der Waals surface area contributed by atoms with Crippen molar-refractivity contribution >= 4 is 14.6 Å². The molecule has 0 spiro atoms. The van der Waals surface area contributed by atoms with Crippen LogP contribution in [-0.4, -0.2) is 20.7 Å². The molecule has 0 rings (SSSR count). The van der Waals surface area contributed by atoms with Gasteiger partial charge in [-0.3, -0.25) is 0 Å². The molecule has 0 aromatic rings. The molecule has 0 saturated carbocycles. The summed E-state index contributed by atoms with van der Waals surface area (Å²) >= 11 is 0. The zero-order valence-corrected chi connectivity index (χ0v) is 17.0. The Hall–Kier alpha value is -0.153. The van der Waals surface area contributed by atoms with Crippen LogP contribution in [0.1, 0.15) is 91.9 Å². The van der Waals surface area contributed by atoms with Gasteiger partial charge in [0.25, 0.3) is 0 Å². The van der Waals surface area contributed by atoms with E-state index >= 15 is 0 Å². The predicted octanol–water partition coefficient (Wildman–Crippen LogP) is 6.50. The van der Waals surface area contributed by atoms with E-state index in [1.807, 2.05) is 0 Å². The Kier molecular flexibility index (Phi) is 11.3. The maximum atomic E-state index is 11.3. The van der Waals surface area contributed by atoms with Crippen LogP contribution >= 0.6 is 0 Å². The highest BCUT2D eigenvalue weighted by molar-refractivity contribution is 6.74. The van der Waals surface area contributed by atoms with Crippen LogP contribution in [0.25, 0.3) is 0 Å². The minimum Gasteiger partial charge on any atom is -0.407 e. The molecule has 0 aliphatic rings. The zero-order valence-electron chi connectivity index (χ0n) is 16.0. The average molecular weight is 329 g/mol. The van der Waals surface area contributed by atoms with E-state index in [1.54, 1.807) is 0 Å². The molecule has 0 heterocycles. The minimum atomic E-state index is -1.81. The SMILES string of the molecule is CCCCCCCCCCCC(C=O)O[Si](C)(C)C(C)(C)C. The largest absolute Gasteiger partial charge is 0.407 e. The standard InChI is InChI=1S/C19H40O2Si/c1-7-8-9-10-11-12-13-14-15-16-18(17-20)21-22(5,6)19(2,3)4/h17-18H,7-16H2,1-6H3. The van der Waals surface area contributed by atoms with Crippen molar-refractivity contribution in [1.82, 2.24) is 0 Å². The molecule has 0 aromatic heterocycles. The third-order valence-corrected chi connectivity index (χ3v) is 9.50. The van der Waals surface area contributed by atoms with E-state index in [4.69, 9.17) is 4.43 Å². The molecule has 0 radical (unpaired) electrons. The molecule has 22 heavy (non-hydrogen) atoms. The summed E-state index contributed by atoms with van der Waals surface area (Å²) in [6.45, 7) is 13.4. The van der Waals surface area contributed by atoms with Crippen molar-refractivity contribution in [1.29, 1.82) is 0 Å². The lowest BCUT2D eigenvalue weighted by atomic mass is 10.1. The van der Waals surface area contributed by atoms with Crippen molar-refractivity contribution in [2.45, 2.75) is 116 Å². The number of aldehydes is 1. The van der Waals surface area contributed by atoms with E-state index in [9.17, 15) is 4.79 Å². The van der Waals surface area contributed by atoms with Gasteiger partial charge in [-0.05, 0) is 24.6 Å². The molecule has 0 N–H and O–H groups in total. The molecule has 0 amide bonds. The van der Waals surface area contributed by atoms with E-state index in [0.29, 0.717) is 0 Å². The molecule has 132 valence electrons. The highest BCUT2D eigenvalue weighted by Gasteiger charge is 2.38. The Bertz CT molecular complexity index is 282. The first-order valence-electron chi connectivity index (χ1n) is 9.37. The first-order chi connectivity index (χ1) is 10.2. The van der Waals surface area contributed by atoms with Crippen LogP contribution < -0.4 is 0 Å². The first-order valence-corrected chi connectivity index (χ1v) is 12.3. The molecule has 1 unspecified atom stereocenters. The number of rotatable bonds is 13. The third-order valence-electron chi connectivity index (χ3n) is 5.00. The van der Waals surface area contributed by atoms with E-state index in [-0.39, 0.29) is 11.1 Å². The van der Waals surface area contributed by atoms with Crippen LogP contribution in [0.2, 0.25) is 18.1 Å². The lowest BCUT2D eigenvalue weighted by Gasteiger charge is -2.38. The van der Waals surface area contributed by atoms with Crippen LogP contribution in [0, 0.1) is 0 Å².